The lowest BCUT2D eigenvalue weighted by Crippen LogP contribution is -2.03. The van der Waals surface area contributed by atoms with E-state index in [0.29, 0.717) is 58.8 Å². The molecule has 0 aliphatic carbocycles. The molecule has 0 radical (unpaired) electrons. The fraction of sp³-hybridized carbons (Fsp3) is 0.483. The van der Waals surface area contributed by atoms with Gasteiger partial charge in [-0.05, 0) is 61.4 Å². The molecule has 3 aromatic carbocycles. The summed E-state index contributed by atoms with van der Waals surface area (Å²) in [6, 6.07) is 18.8. The SMILES string of the molecule is CCCCCCCCCCCCOc1cc(/C=C/c2cc(OC)c(C=C(C#N)C#N)cc2OC)c(OCCCCCCCCCCCC)cc1/C=C/c1cc(OC)c(C=C(C#N)C#N)cc1OC. The molecule has 3 rings (SSSR count). The second-order valence-electron chi connectivity index (χ2n) is 16.9. The van der Waals surface area contributed by atoms with Gasteiger partial charge in [-0.1, -0.05) is 154 Å². The normalized spacial score (nSPS) is 10.7. The van der Waals surface area contributed by atoms with Crippen LogP contribution in [0.2, 0.25) is 0 Å². The first-order chi connectivity index (χ1) is 33.3. The van der Waals surface area contributed by atoms with E-state index in [0.717, 1.165) is 47.9 Å². The van der Waals surface area contributed by atoms with E-state index in [9.17, 15) is 21.0 Å². The van der Waals surface area contributed by atoms with Crippen LogP contribution in [0.5, 0.6) is 34.5 Å². The Morgan fingerprint density at radius 1 is 0.353 bits per heavy atom. The quantitative estimate of drug-likeness (QED) is 0.0322. The number of rotatable bonds is 34. The van der Waals surface area contributed by atoms with Crippen LogP contribution < -0.4 is 28.4 Å². The van der Waals surface area contributed by atoms with Crippen molar-refractivity contribution < 1.29 is 28.4 Å². The first-order valence-electron chi connectivity index (χ1n) is 24.7. The van der Waals surface area contributed by atoms with Crippen molar-refractivity contribution >= 4 is 36.5 Å². The van der Waals surface area contributed by atoms with Crippen molar-refractivity contribution in [2.45, 2.75) is 142 Å². The summed E-state index contributed by atoms with van der Waals surface area (Å²) in [7, 11) is 6.25. The van der Waals surface area contributed by atoms with Crippen LogP contribution in [0.4, 0.5) is 0 Å². The number of benzene rings is 3. The van der Waals surface area contributed by atoms with Gasteiger partial charge in [0.15, 0.2) is 0 Å². The van der Waals surface area contributed by atoms with E-state index in [1.54, 1.807) is 40.6 Å². The molecule has 0 bridgehead atoms. The molecule has 10 heteroatoms. The minimum Gasteiger partial charge on any atom is -0.496 e. The third-order valence-electron chi connectivity index (χ3n) is 11.8. The summed E-state index contributed by atoms with van der Waals surface area (Å²) in [6.07, 6.45) is 35.2. The predicted octanol–water partition coefficient (Wildman–Crippen LogP) is 15.5. The minimum absolute atomic E-state index is 0.0474. The van der Waals surface area contributed by atoms with Crippen molar-refractivity contribution in [1.82, 2.24) is 0 Å². The van der Waals surface area contributed by atoms with Gasteiger partial charge in [-0.3, -0.25) is 0 Å². The van der Waals surface area contributed by atoms with Crippen LogP contribution in [0.15, 0.2) is 47.5 Å². The fourth-order valence-electron chi connectivity index (χ4n) is 7.87. The van der Waals surface area contributed by atoms with Gasteiger partial charge in [0.1, 0.15) is 69.9 Å². The average Bonchev–Trinajstić information content (AvgIpc) is 3.36. The molecule has 0 aliphatic heterocycles. The Morgan fingerprint density at radius 2 is 0.588 bits per heavy atom. The lowest BCUT2D eigenvalue weighted by molar-refractivity contribution is 0.295. The first kappa shape index (κ1) is 55.7. The van der Waals surface area contributed by atoms with Crippen molar-refractivity contribution in [1.29, 1.82) is 21.0 Å². The number of hydrogen-bond donors (Lipinski definition) is 0. The lowest BCUT2D eigenvalue weighted by atomic mass is 10.0. The van der Waals surface area contributed by atoms with E-state index in [1.165, 1.54) is 115 Å². The molecular formula is C58H74N4O6. The zero-order valence-electron chi connectivity index (χ0n) is 41.7. The summed E-state index contributed by atoms with van der Waals surface area (Å²) in [5, 5.41) is 37.7. The molecule has 0 N–H and O–H groups in total. The Hall–Kier alpha value is -6.62. The topological polar surface area (TPSA) is 151 Å². The van der Waals surface area contributed by atoms with E-state index in [1.807, 2.05) is 72.8 Å². The van der Waals surface area contributed by atoms with Crippen molar-refractivity contribution in [3.05, 3.63) is 80.9 Å². The molecule has 10 nitrogen and oxygen atoms in total. The van der Waals surface area contributed by atoms with Crippen LogP contribution in [-0.2, 0) is 0 Å². The molecule has 3 aromatic rings. The molecule has 362 valence electrons. The molecule has 0 saturated heterocycles. The molecule has 0 fully saturated rings. The van der Waals surface area contributed by atoms with Crippen LogP contribution in [0.3, 0.4) is 0 Å². The average molecular weight is 923 g/mol. The second-order valence-corrected chi connectivity index (χ2v) is 16.9. The third-order valence-corrected chi connectivity index (χ3v) is 11.8. The van der Waals surface area contributed by atoms with Gasteiger partial charge < -0.3 is 28.4 Å². The third kappa shape index (κ3) is 19.7. The van der Waals surface area contributed by atoms with E-state index in [4.69, 9.17) is 28.4 Å². The number of unbranched alkanes of at least 4 members (excludes halogenated alkanes) is 18. The van der Waals surface area contributed by atoms with Crippen molar-refractivity contribution in [3.63, 3.8) is 0 Å². The molecular weight excluding hydrogens is 849 g/mol. The highest BCUT2D eigenvalue weighted by molar-refractivity contribution is 5.83. The number of hydrogen-bond acceptors (Lipinski definition) is 10. The molecule has 0 aromatic heterocycles. The number of ether oxygens (including phenoxy) is 6. The standard InChI is InChI=1S/C58H74N4O6/c1-7-9-11-13-15-17-19-21-23-25-31-67-57-37-50(30-28-48-36-56(66-6)52(40-54(48)64-4)34-46(43-61)44-62)58(68-32-26-24-22-20-18-16-14-12-10-8-2)38-49(57)29-27-47-35-55(65-5)51(39-53(47)63-3)33-45(41-59)42-60/h27-30,33-40H,7-26,31-32H2,1-6H3/b29-27+,30-28+. The Morgan fingerprint density at radius 3 is 0.868 bits per heavy atom. The summed E-state index contributed by atoms with van der Waals surface area (Å²) >= 11 is 0. The Bertz CT molecular complexity index is 2110. The fourth-order valence-corrected chi connectivity index (χ4v) is 7.87. The van der Waals surface area contributed by atoms with Gasteiger partial charge in [-0.25, -0.2) is 0 Å². The molecule has 0 saturated carbocycles. The first-order valence-corrected chi connectivity index (χ1v) is 24.7. The van der Waals surface area contributed by atoms with Gasteiger partial charge in [0.05, 0.1) is 41.7 Å². The van der Waals surface area contributed by atoms with E-state index < -0.39 is 0 Å². The number of allylic oxidation sites excluding steroid dienone is 2. The highest BCUT2D eigenvalue weighted by Gasteiger charge is 2.15. The van der Waals surface area contributed by atoms with Crippen molar-refractivity contribution in [3.8, 4) is 58.8 Å². The smallest absolute Gasteiger partial charge is 0.130 e. The second kappa shape index (κ2) is 33.8. The summed E-state index contributed by atoms with van der Waals surface area (Å²) < 4.78 is 36.2. The number of nitriles is 4. The molecule has 0 aliphatic rings. The van der Waals surface area contributed by atoms with Crippen molar-refractivity contribution in [2.75, 3.05) is 41.7 Å². The van der Waals surface area contributed by atoms with E-state index in [-0.39, 0.29) is 11.1 Å². The zero-order valence-corrected chi connectivity index (χ0v) is 41.7. The van der Waals surface area contributed by atoms with Crippen molar-refractivity contribution in [2.24, 2.45) is 0 Å². The molecule has 0 unspecified atom stereocenters. The van der Waals surface area contributed by atoms with Crippen LogP contribution in [-0.4, -0.2) is 41.7 Å². The maximum Gasteiger partial charge on any atom is 0.130 e. The molecule has 68 heavy (non-hydrogen) atoms. The van der Waals surface area contributed by atoms with Gasteiger partial charge in [0.2, 0.25) is 0 Å². The molecule has 0 atom stereocenters. The molecule has 0 amide bonds. The molecule has 0 heterocycles. The Balaban J connectivity index is 2.06. The van der Waals surface area contributed by atoms with Crippen LogP contribution in [0.25, 0.3) is 36.5 Å². The summed E-state index contributed by atoms with van der Waals surface area (Å²) in [6.45, 7) is 5.60. The van der Waals surface area contributed by atoms with Gasteiger partial charge in [0, 0.05) is 33.4 Å². The van der Waals surface area contributed by atoms with Gasteiger partial charge >= 0.3 is 0 Å². The lowest BCUT2D eigenvalue weighted by Gasteiger charge is -2.16. The van der Waals surface area contributed by atoms with Gasteiger partial charge in [0.25, 0.3) is 0 Å². The van der Waals surface area contributed by atoms with Gasteiger partial charge in [-0.15, -0.1) is 0 Å². The van der Waals surface area contributed by atoms with Crippen LogP contribution in [0.1, 0.15) is 176 Å². The zero-order chi connectivity index (χ0) is 49.2. The number of methoxy groups -OCH3 is 4. The minimum atomic E-state index is -0.0474. The maximum atomic E-state index is 9.42. The number of nitrogens with zero attached hydrogens (tertiary/aromatic N) is 4. The summed E-state index contributed by atoms with van der Waals surface area (Å²) in [5.41, 5.74) is 4.09. The van der Waals surface area contributed by atoms with Crippen LogP contribution >= 0.6 is 0 Å². The summed E-state index contributed by atoms with van der Waals surface area (Å²) in [4.78, 5) is 0. The maximum absolute atomic E-state index is 9.42. The predicted molar refractivity (Wildman–Crippen MR) is 276 cm³/mol. The van der Waals surface area contributed by atoms with Gasteiger partial charge in [-0.2, -0.15) is 21.0 Å². The summed E-state index contributed by atoms with van der Waals surface area (Å²) in [5.74, 6) is 3.42. The highest BCUT2D eigenvalue weighted by atomic mass is 16.5. The highest BCUT2D eigenvalue weighted by Crippen LogP contribution is 2.37. The van der Waals surface area contributed by atoms with E-state index >= 15 is 0 Å². The largest absolute Gasteiger partial charge is 0.496 e. The van der Waals surface area contributed by atoms with Crippen LogP contribution in [0, 0.1) is 45.3 Å². The molecule has 0 spiro atoms. The Labute approximate surface area is 408 Å². The monoisotopic (exact) mass is 923 g/mol. The Kier molecular flexibility index (Phi) is 27.7. The van der Waals surface area contributed by atoms with E-state index in [2.05, 4.69) is 13.8 Å².